The van der Waals surface area contributed by atoms with Gasteiger partial charge in [0.1, 0.15) is 16.8 Å². The standard InChI is InChI=1S/C18H17ClN4O2S/c19-15-3-1-2-4-17(15)26(24,25)23-8-7-14-11-22(12-16(14)23)18-6-5-13(9-20)10-21-18/h1-6,10,14,16H,7-8,11-12H2. The molecule has 1 aromatic carbocycles. The third-order valence-corrected chi connectivity index (χ3v) is 7.55. The summed E-state index contributed by atoms with van der Waals surface area (Å²) in [7, 11) is -3.63. The lowest BCUT2D eigenvalue weighted by Gasteiger charge is -2.25. The van der Waals surface area contributed by atoms with Gasteiger partial charge in [-0.15, -0.1) is 0 Å². The Morgan fingerprint density at radius 2 is 2.00 bits per heavy atom. The maximum atomic E-state index is 13.1. The van der Waals surface area contributed by atoms with Crippen LogP contribution in [0.2, 0.25) is 5.02 Å². The predicted octanol–water partition coefficient (Wildman–Crippen LogP) is 2.51. The fourth-order valence-corrected chi connectivity index (χ4v) is 6.01. The van der Waals surface area contributed by atoms with Crippen molar-refractivity contribution < 1.29 is 8.42 Å². The Balaban J connectivity index is 1.58. The second kappa shape index (κ2) is 6.54. The molecule has 2 atom stereocenters. The van der Waals surface area contributed by atoms with Crippen molar-refractivity contribution >= 4 is 27.4 Å². The van der Waals surface area contributed by atoms with Crippen LogP contribution < -0.4 is 4.90 Å². The first kappa shape index (κ1) is 17.3. The van der Waals surface area contributed by atoms with Gasteiger partial charge in [0.2, 0.25) is 10.0 Å². The van der Waals surface area contributed by atoms with Gasteiger partial charge in [-0.05, 0) is 36.6 Å². The van der Waals surface area contributed by atoms with Crippen molar-refractivity contribution in [1.82, 2.24) is 9.29 Å². The van der Waals surface area contributed by atoms with Gasteiger partial charge in [0.05, 0.1) is 10.6 Å². The minimum absolute atomic E-state index is 0.0892. The van der Waals surface area contributed by atoms with Crippen molar-refractivity contribution in [3.8, 4) is 6.07 Å². The summed E-state index contributed by atoms with van der Waals surface area (Å²) in [5, 5.41) is 9.14. The molecule has 2 saturated heterocycles. The van der Waals surface area contributed by atoms with E-state index in [1.54, 1.807) is 40.8 Å². The van der Waals surface area contributed by atoms with E-state index in [1.807, 2.05) is 6.07 Å². The molecule has 134 valence electrons. The van der Waals surface area contributed by atoms with Crippen molar-refractivity contribution in [2.75, 3.05) is 24.5 Å². The molecule has 0 spiro atoms. The molecule has 2 aliphatic heterocycles. The normalized spacial score (nSPS) is 23.0. The molecule has 0 aliphatic carbocycles. The van der Waals surface area contributed by atoms with E-state index in [1.165, 1.54) is 0 Å². The molecule has 2 unspecified atom stereocenters. The minimum atomic E-state index is -3.63. The molecule has 0 bridgehead atoms. The highest BCUT2D eigenvalue weighted by molar-refractivity contribution is 7.89. The van der Waals surface area contributed by atoms with Crippen molar-refractivity contribution in [3.05, 3.63) is 53.2 Å². The molecule has 3 heterocycles. The summed E-state index contributed by atoms with van der Waals surface area (Å²) < 4.78 is 27.8. The van der Waals surface area contributed by atoms with Gasteiger partial charge in [-0.1, -0.05) is 23.7 Å². The van der Waals surface area contributed by atoms with Crippen LogP contribution in [0.1, 0.15) is 12.0 Å². The Morgan fingerprint density at radius 1 is 1.19 bits per heavy atom. The van der Waals surface area contributed by atoms with Crippen LogP contribution in [0.25, 0.3) is 0 Å². The lowest BCUT2D eigenvalue weighted by atomic mass is 10.1. The lowest BCUT2D eigenvalue weighted by molar-refractivity contribution is 0.384. The Morgan fingerprint density at radius 3 is 2.69 bits per heavy atom. The van der Waals surface area contributed by atoms with E-state index in [-0.39, 0.29) is 21.9 Å². The number of nitrogens with zero attached hydrogens (tertiary/aromatic N) is 4. The maximum Gasteiger partial charge on any atom is 0.244 e. The first-order chi connectivity index (χ1) is 12.5. The Labute approximate surface area is 157 Å². The number of nitriles is 1. The van der Waals surface area contributed by atoms with Gasteiger partial charge < -0.3 is 4.90 Å². The number of hydrogen-bond donors (Lipinski definition) is 0. The molecular formula is C18H17ClN4O2S. The van der Waals surface area contributed by atoms with E-state index < -0.39 is 10.0 Å². The Kier molecular flexibility index (Phi) is 4.35. The molecule has 0 amide bonds. The number of benzene rings is 1. The highest BCUT2D eigenvalue weighted by Gasteiger charge is 2.47. The average Bonchev–Trinajstić information content (AvgIpc) is 3.22. The van der Waals surface area contributed by atoms with Gasteiger partial charge in [-0.3, -0.25) is 0 Å². The number of halogens is 1. The lowest BCUT2D eigenvalue weighted by Crippen LogP contribution is -2.39. The number of sulfonamides is 1. The highest BCUT2D eigenvalue weighted by Crippen LogP contribution is 2.38. The maximum absolute atomic E-state index is 13.1. The zero-order chi connectivity index (χ0) is 18.3. The number of pyridine rings is 1. The van der Waals surface area contributed by atoms with Crippen LogP contribution in [0.3, 0.4) is 0 Å². The third kappa shape index (κ3) is 2.84. The molecule has 26 heavy (non-hydrogen) atoms. The van der Waals surface area contributed by atoms with Gasteiger partial charge in [0.15, 0.2) is 0 Å². The number of aromatic nitrogens is 1. The minimum Gasteiger partial charge on any atom is -0.355 e. The zero-order valence-corrected chi connectivity index (χ0v) is 15.5. The quantitative estimate of drug-likeness (QED) is 0.807. The molecule has 0 saturated carbocycles. The van der Waals surface area contributed by atoms with Crippen LogP contribution in [0.15, 0.2) is 47.5 Å². The summed E-state index contributed by atoms with van der Waals surface area (Å²) in [4.78, 5) is 6.58. The smallest absolute Gasteiger partial charge is 0.244 e. The number of fused-ring (bicyclic) bond motifs is 1. The van der Waals surface area contributed by atoms with Gasteiger partial charge in [0.25, 0.3) is 0 Å². The fraction of sp³-hybridized carbons (Fsp3) is 0.333. The molecule has 0 N–H and O–H groups in total. The van der Waals surface area contributed by atoms with E-state index in [9.17, 15) is 8.42 Å². The molecule has 4 rings (SSSR count). The van der Waals surface area contributed by atoms with E-state index in [4.69, 9.17) is 16.9 Å². The first-order valence-electron chi connectivity index (χ1n) is 8.38. The molecule has 2 fully saturated rings. The molecule has 8 heteroatoms. The average molecular weight is 389 g/mol. The summed E-state index contributed by atoms with van der Waals surface area (Å²) in [5.74, 6) is 1.04. The molecule has 0 radical (unpaired) electrons. The Hall–Kier alpha value is -2.14. The molecule has 2 aromatic rings. The van der Waals surface area contributed by atoms with Crippen molar-refractivity contribution in [2.45, 2.75) is 17.4 Å². The topological polar surface area (TPSA) is 77.3 Å². The molecular weight excluding hydrogens is 372 g/mol. The predicted molar refractivity (Wildman–Crippen MR) is 98.4 cm³/mol. The van der Waals surface area contributed by atoms with Gasteiger partial charge >= 0.3 is 0 Å². The van der Waals surface area contributed by atoms with Gasteiger partial charge in [0, 0.05) is 31.9 Å². The van der Waals surface area contributed by atoms with Crippen molar-refractivity contribution in [3.63, 3.8) is 0 Å². The largest absolute Gasteiger partial charge is 0.355 e. The first-order valence-corrected chi connectivity index (χ1v) is 10.2. The SMILES string of the molecule is N#Cc1ccc(N2CC3CCN(S(=O)(=O)c4ccccc4Cl)C3C2)nc1. The van der Waals surface area contributed by atoms with E-state index in [2.05, 4.69) is 16.0 Å². The van der Waals surface area contributed by atoms with Crippen molar-refractivity contribution in [2.24, 2.45) is 5.92 Å². The van der Waals surface area contributed by atoms with Crippen LogP contribution in [0.4, 0.5) is 5.82 Å². The van der Waals surface area contributed by atoms with Crippen LogP contribution >= 0.6 is 11.6 Å². The molecule has 2 aliphatic rings. The second-order valence-corrected chi connectivity index (χ2v) is 8.85. The molecule has 6 nitrogen and oxygen atoms in total. The zero-order valence-electron chi connectivity index (χ0n) is 13.9. The monoisotopic (exact) mass is 388 g/mol. The van der Waals surface area contributed by atoms with E-state index in [0.29, 0.717) is 18.7 Å². The third-order valence-electron chi connectivity index (χ3n) is 5.12. The molecule has 1 aromatic heterocycles. The van der Waals surface area contributed by atoms with Gasteiger partial charge in [-0.2, -0.15) is 9.57 Å². The summed E-state index contributed by atoms with van der Waals surface area (Å²) >= 11 is 6.13. The summed E-state index contributed by atoms with van der Waals surface area (Å²) in [6, 6.07) is 12.1. The number of anilines is 1. The van der Waals surface area contributed by atoms with E-state index >= 15 is 0 Å². The summed E-state index contributed by atoms with van der Waals surface area (Å²) in [6.45, 7) is 1.86. The number of hydrogen-bond acceptors (Lipinski definition) is 5. The van der Waals surface area contributed by atoms with Crippen LogP contribution in [-0.2, 0) is 10.0 Å². The summed E-state index contributed by atoms with van der Waals surface area (Å²) in [6.07, 6.45) is 2.36. The summed E-state index contributed by atoms with van der Waals surface area (Å²) in [5.41, 5.74) is 0.510. The van der Waals surface area contributed by atoms with Gasteiger partial charge in [-0.25, -0.2) is 13.4 Å². The number of rotatable bonds is 3. The second-order valence-electron chi connectivity index (χ2n) is 6.58. The van der Waals surface area contributed by atoms with Crippen LogP contribution in [-0.4, -0.2) is 43.4 Å². The van der Waals surface area contributed by atoms with Crippen molar-refractivity contribution in [1.29, 1.82) is 5.26 Å². The highest BCUT2D eigenvalue weighted by atomic mass is 35.5. The van der Waals surface area contributed by atoms with Crippen LogP contribution in [0, 0.1) is 17.2 Å². The fourth-order valence-electron chi connectivity index (χ4n) is 3.83. The van der Waals surface area contributed by atoms with Crippen LogP contribution in [0.5, 0.6) is 0 Å². The Bertz CT molecular complexity index is 971. The van der Waals surface area contributed by atoms with E-state index in [0.717, 1.165) is 18.8 Å².